The van der Waals surface area contributed by atoms with Crippen LogP contribution >= 0.6 is 0 Å². The maximum Gasteiger partial charge on any atom is 0.269 e. The molecule has 0 saturated carbocycles. The van der Waals surface area contributed by atoms with Crippen molar-refractivity contribution in [3.8, 4) is 17.5 Å². The predicted molar refractivity (Wildman–Crippen MR) is 139 cm³/mol. The number of nitrogen functional groups attached to an aromatic ring is 2. The van der Waals surface area contributed by atoms with Crippen LogP contribution in [0, 0.1) is 11.3 Å². The van der Waals surface area contributed by atoms with Gasteiger partial charge < -0.3 is 26.4 Å². The fraction of sp³-hybridized carbons (Fsp3) is 0.240. The number of hydrogen-bond acceptors (Lipinski definition) is 10. The molecule has 0 saturated heterocycles. The number of nitriles is 1. The summed E-state index contributed by atoms with van der Waals surface area (Å²) in [5.41, 5.74) is 12.5. The summed E-state index contributed by atoms with van der Waals surface area (Å²) < 4.78 is 7.49. The lowest BCUT2D eigenvalue weighted by atomic mass is 10.1. The minimum absolute atomic E-state index is 0.0360. The average molecular weight is 486 g/mol. The van der Waals surface area contributed by atoms with Gasteiger partial charge in [0.1, 0.15) is 41.0 Å². The van der Waals surface area contributed by atoms with Gasteiger partial charge in [0.05, 0.1) is 17.2 Å². The van der Waals surface area contributed by atoms with E-state index in [0.29, 0.717) is 41.3 Å². The first kappa shape index (κ1) is 24.4. The van der Waals surface area contributed by atoms with Gasteiger partial charge in [-0.15, -0.1) is 0 Å². The molecular weight excluding hydrogens is 458 g/mol. The summed E-state index contributed by atoms with van der Waals surface area (Å²) in [5, 5.41) is 13.1. The molecule has 0 bridgehead atoms. The number of likely N-dealkylation sites (N-methyl/N-ethyl adjacent to an activating group) is 1. The Hall–Kier alpha value is -4.69. The maximum absolute atomic E-state index is 13.9. The van der Waals surface area contributed by atoms with Crippen molar-refractivity contribution in [3.05, 3.63) is 70.3 Å². The molecule has 1 atom stereocenters. The molecule has 11 nitrogen and oxygen atoms in total. The smallest absolute Gasteiger partial charge is 0.269 e. The second-order valence-corrected chi connectivity index (χ2v) is 8.42. The zero-order chi connectivity index (χ0) is 25.8. The zero-order valence-corrected chi connectivity index (χ0v) is 20.3. The molecular formula is C25H27N9O2. The quantitative estimate of drug-likeness (QED) is 0.338. The predicted octanol–water partition coefficient (Wildman–Crippen LogP) is 2.33. The van der Waals surface area contributed by atoms with Crippen LogP contribution in [-0.2, 0) is 0 Å². The van der Waals surface area contributed by atoms with Crippen LogP contribution in [0.5, 0.6) is 5.75 Å². The fourth-order valence-electron chi connectivity index (χ4n) is 3.77. The van der Waals surface area contributed by atoms with Crippen LogP contribution in [0.2, 0.25) is 0 Å². The first-order valence-electron chi connectivity index (χ1n) is 11.3. The average Bonchev–Trinajstić information content (AvgIpc) is 2.84. The lowest BCUT2D eigenvalue weighted by Crippen LogP contribution is -2.28. The molecule has 5 N–H and O–H groups in total. The van der Waals surface area contributed by atoms with E-state index in [0.717, 1.165) is 0 Å². The summed E-state index contributed by atoms with van der Waals surface area (Å²) in [6.07, 6.45) is 0. The Morgan fingerprint density at radius 2 is 1.86 bits per heavy atom. The van der Waals surface area contributed by atoms with Crippen LogP contribution in [0.4, 0.5) is 17.6 Å². The minimum Gasteiger partial charge on any atom is -0.491 e. The van der Waals surface area contributed by atoms with Gasteiger partial charge in [0, 0.05) is 6.54 Å². The van der Waals surface area contributed by atoms with Gasteiger partial charge in [-0.2, -0.15) is 15.2 Å². The number of nitrogens with one attached hydrogen (secondary N) is 1. The summed E-state index contributed by atoms with van der Waals surface area (Å²) in [5.74, 6) is 0.916. The van der Waals surface area contributed by atoms with E-state index in [2.05, 4.69) is 15.3 Å². The van der Waals surface area contributed by atoms with Crippen molar-refractivity contribution in [1.82, 2.24) is 24.4 Å². The highest BCUT2D eigenvalue weighted by Crippen LogP contribution is 2.27. The SMILES string of the molecule is CC(Nc1nc(N)nc(N)c1C#N)c1nc2cccc(OCCN(C)C)c2c(=O)n1-c1ccccc1. The fourth-order valence-corrected chi connectivity index (χ4v) is 3.77. The van der Waals surface area contributed by atoms with E-state index in [9.17, 15) is 10.1 Å². The summed E-state index contributed by atoms with van der Waals surface area (Å²) in [6.45, 7) is 2.92. The first-order valence-corrected chi connectivity index (χ1v) is 11.3. The summed E-state index contributed by atoms with van der Waals surface area (Å²) in [7, 11) is 3.90. The number of nitrogens with zero attached hydrogens (tertiary/aromatic N) is 6. The first-order chi connectivity index (χ1) is 17.3. The topological polar surface area (TPSA) is 161 Å². The Morgan fingerprint density at radius 1 is 1.11 bits per heavy atom. The largest absolute Gasteiger partial charge is 0.491 e. The van der Waals surface area contributed by atoms with E-state index in [4.69, 9.17) is 21.2 Å². The molecule has 184 valence electrons. The van der Waals surface area contributed by atoms with Crippen molar-refractivity contribution in [3.63, 3.8) is 0 Å². The van der Waals surface area contributed by atoms with Gasteiger partial charge in [-0.05, 0) is 45.3 Å². The van der Waals surface area contributed by atoms with Crippen LogP contribution < -0.4 is 27.1 Å². The Balaban J connectivity index is 1.87. The van der Waals surface area contributed by atoms with Crippen molar-refractivity contribution in [1.29, 1.82) is 5.26 Å². The Morgan fingerprint density at radius 3 is 2.56 bits per heavy atom. The third-order valence-electron chi connectivity index (χ3n) is 5.50. The van der Waals surface area contributed by atoms with Gasteiger partial charge in [-0.25, -0.2) is 4.98 Å². The molecule has 0 radical (unpaired) electrons. The molecule has 36 heavy (non-hydrogen) atoms. The zero-order valence-electron chi connectivity index (χ0n) is 20.3. The van der Waals surface area contributed by atoms with Crippen LogP contribution in [0.15, 0.2) is 53.3 Å². The molecule has 2 aromatic carbocycles. The normalized spacial score (nSPS) is 11.9. The van der Waals surface area contributed by atoms with Crippen LogP contribution in [-0.4, -0.2) is 51.7 Å². The number of fused-ring (bicyclic) bond motifs is 1. The summed E-state index contributed by atoms with van der Waals surface area (Å²) in [6, 6.07) is 15.9. The lowest BCUT2D eigenvalue weighted by molar-refractivity contribution is 0.263. The number of anilines is 3. The van der Waals surface area contributed by atoms with Gasteiger partial charge in [-0.3, -0.25) is 9.36 Å². The van der Waals surface area contributed by atoms with Crippen molar-refractivity contribution in [2.75, 3.05) is 44.0 Å². The number of nitrogens with two attached hydrogens (primary N) is 2. The molecule has 0 spiro atoms. The molecule has 2 aromatic heterocycles. The number of hydrogen-bond donors (Lipinski definition) is 3. The highest BCUT2D eigenvalue weighted by molar-refractivity contribution is 5.84. The summed E-state index contributed by atoms with van der Waals surface area (Å²) in [4.78, 5) is 28.8. The van der Waals surface area contributed by atoms with Gasteiger partial charge >= 0.3 is 0 Å². The number of rotatable bonds is 8. The highest BCUT2D eigenvalue weighted by atomic mass is 16.5. The van der Waals surface area contributed by atoms with E-state index in [1.165, 1.54) is 4.57 Å². The van der Waals surface area contributed by atoms with Gasteiger partial charge in [-0.1, -0.05) is 24.3 Å². The highest BCUT2D eigenvalue weighted by Gasteiger charge is 2.22. The lowest BCUT2D eigenvalue weighted by Gasteiger charge is -2.21. The number of ether oxygens (including phenoxy) is 1. The van der Waals surface area contributed by atoms with Crippen LogP contribution in [0.25, 0.3) is 16.6 Å². The Bertz CT molecular complexity index is 1490. The Kier molecular flexibility index (Phi) is 6.98. The Labute approximate surface area is 208 Å². The van der Waals surface area contributed by atoms with Gasteiger partial charge in [0.2, 0.25) is 5.95 Å². The van der Waals surface area contributed by atoms with Crippen molar-refractivity contribution >= 4 is 28.5 Å². The molecule has 0 aliphatic rings. The summed E-state index contributed by atoms with van der Waals surface area (Å²) >= 11 is 0. The third kappa shape index (κ3) is 4.89. The third-order valence-corrected chi connectivity index (χ3v) is 5.50. The molecule has 4 rings (SSSR count). The maximum atomic E-state index is 13.9. The van der Waals surface area contributed by atoms with Crippen molar-refractivity contribution < 1.29 is 4.74 Å². The second-order valence-electron chi connectivity index (χ2n) is 8.42. The number of para-hydroxylation sites is 1. The molecule has 4 aromatic rings. The van der Waals surface area contributed by atoms with Crippen molar-refractivity contribution in [2.45, 2.75) is 13.0 Å². The van der Waals surface area contributed by atoms with Crippen LogP contribution in [0.1, 0.15) is 24.4 Å². The van der Waals surface area contributed by atoms with E-state index in [1.54, 1.807) is 25.1 Å². The van der Waals surface area contributed by atoms with Gasteiger partial charge in [0.25, 0.3) is 5.56 Å². The molecule has 2 heterocycles. The van der Waals surface area contributed by atoms with E-state index in [1.807, 2.05) is 55.4 Å². The number of aromatic nitrogens is 4. The monoisotopic (exact) mass is 485 g/mol. The van der Waals surface area contributed by atoms with E-state index < -0.39 is 6.04 Å². The molecule has 11 heteroatoms. The second kappa shape index (κ2) is 10.3. The standard InChI is InChI=1S/C25H27N9O2/c1-15(29-22-17(14-26)21(27)31-25(28)32-22)23-30-18-10-7-11-19(36-13-12-33(2)3)20(18)24(35)34(23)16-8-5-4-6-9-16/h4-11,15H,12-13H2,1-3H3,(H5,27,28,29,31,32). The van der Waals surface area contributed by atoms with E-state index >= 15 is 0 Å². The molecule has 0 aliphatic carbocycles. The molecule has 1 unspecified atom stereocenters. The van der Waals surface area contributed by atoms with Crippen LogP contribution in [0.3, 0.4) is 0 Å². The van der Waals surface area contributed by atoms with E-state index in [-0.39, 0.29) is 28.7 Å². The molecule has 0 fully saturated rings. The molecule has 0 amide bonds. The molecule has 0 aliphatic heterocycles. The van der Waals surface area contributed by atoms with Crippen molar-refractivity contribution in [2.24, 2.45) is 0 Å². The number of benzene rings is 2. The van der Waals surface area contributed by atoms with Gasteiger partial charge in [0.15, 0.2) is 5.82 Å². The minimum atomic E-state index is -0.568.